The van der Waals surface area contributed by atoms with Crippen LogP contribution in [0.3, 0.4) is 0 Å². The minimum Gasteiger partial charge on any atom is -0.291 e. The number of rotatable bonds is 2. The van der Waals surface area contributed by atoms with Gasteiger partial charge >= 0.3 is 0 Å². The molecule has 216 valence electrons. The maximum absolute atomic E-state index is 5.66. The first-order chi connectivity index (χ1) is 22.6. The van der Waals surface area contributed by atoms with E-state index in [1.54, 1.807) is 0 Å². The Labute approximate surface area is 265 Å². The van der Waals surface area contributed by atoms with E-state index in [1.807, 2.05) is 12.3 Å². The molecule has 0 spiro atoms. The first kappa shape index (κ1) is 25.5. The molecule has 1 aliphatic rings. The molecule has 4 nitrogen and oxygen atoms in total. The van der Waals surface area contributed by atoms with Crippen LogP contribution in [-0.4, -0.2) is 19.5 Å². The van der Waals surface area contributed by atoms with Gasteiger partial charge in [-0.05, 0) is 46.0 Å². The Morgan fingerprint density at radius 3 is 2.20 bits per heavy atom. The number of fused-ring (bicyclic) bond motifs is 10. The summed E-state index contributed by atoms with van der Waals surface area (Å²) in [5.74, 6) is 0.827. The van der Waals surface area contributed by atoms with Crippen LogP contribution >= 0.6 is 0 Å². The predicted molar refractivity (Wildman–Crippen MR) is 190 cm³/mol. The van der Waals surface area contributed by atoms with E-state index in [0.717, 1.165) is 56.0 Å². The van der Waals surface area contributed by atoms with Gasteiger partial charge in [0.05, 0.1) is 27.9 Å². The van der Waals surface area contributed by atoms with Crippen molar-refractivity contribution in [1.82, 2.24) is 19.5 Å². The topological polar surface area (TPSA) is 43.6 Å². The Bertz CT molecular complexity index is 2730. The molecule has 4 heteroatoms. The highest BCUT2D eigenvalue weighted by molar-refractivity contribution is 6.20. The van der Waals surface area contributed by atoms with Gasteiger partial charge in [0.2, 0.25) is 0 Å². The van der Waals surface area contributed by atoms with Crippen molar-refractivity contribution in [3.63, 3.8) is 0 Å². The zero-order valence-corrected chi connectivity index (χ0v) is 25.5. The molecule has 0 bridgehead atoms. The van der Waals surface area contributed by atoms with E-state index in [4.69, 9.17) is 15.0 Å². The molecule has 0 amide bonds. The van der Waals surface area contributed by atoms with Crippen molar-refractivity contribution >= 4 is 54.3 Å². The molecule has 3 aromatic heterocycles. The van der Waals surface area contributed by atoms with E-state index in [-0.39, 0.29) is 5.41 Å². The molecule has 46 heavy (non-hydrogen) atoms. The number of pyridine rings is 1. The van der Waals surface area contributed by atoms with Crippen LogP contribution in [0.25, 0.3) is 82.6 Å². The number of hydrogen-bond donors (Lipinski definition) is 0. The van der Waals surface area contributed by atoms with Gasteiger partial charge in [-0.25, -0.2) is 9.97 Å². The first-order valence-electron chi connectivity index (χ1n) is 15.8. The van der Waals surface area contributed by atoms with Crippen molar-refractivity contribution in [2.45, 2.75) is 19.3 Å². The van der Waals surface area contributed by atoms with E-state index in [0.29, 0.717) is 0 Å². The second-order valence-electron chi connectivity index (χ2n) is 12.9. The fraction of sp³-hybridized carbons (Fsp3) is 0.0714. The van der Waals surface area contributed by atoms with E-state index in [1.165, 1.54) is 37.9 Å². The largest absolute Gasteiger partial charge is 0.291 e. The number of aromatic nitrogens is 4. The fourth-order valence-electron chi connectivity index (χ4n) is 7.66. The number of nitrogens with zero attached hydrogens (tertiary/aromatic N) is 4. The molecule has 10 rings (SSSR count). The van der Waals surface area contributed by atoms with Crippen molar-refractivity contribution in [1.29, 1.82) is 0 Å². The van der Waals surface area contributed by atoms with Crippen LogP contribution in [0.2, 0.25) is 0 Å². The van der Waals surface area contributed by atoms with Crippen LogP contribution in [-0.2, 0) is 5.41 Å². The summed E-state index contributed by atoms with van der Waals surface area (Å²) in [7, 11) is 0. The van der Waals surface area contributed by atoms with Gasteiger partial charge in [0.25, 0.3) is 0 Å². The van der Waals surface area contributed by atoms with Crippen LogP contribution < -0.4 is 0 Å². The molecule has 6 aromatic carbocycles. The lowest BCUT2D eigenvalue weighted by Crippen LogP contribution is -2.18. The summed E-state index contributed by atoms with van der Waals surface area (Å²) in [6.45, 7) is 4.52. The van der Waals surface area contributed by atoms with E-state index >= 15 is 0 Å². The van der Waals surface area contributed by atoms with Gasteiger partial charge in [-0.1, -0.05) is 117 Å². The van der Waals surface area contributed by atoms with Crippen LogP contribution in [0.15, 0.2) is 134 Å². The van der Waals surface area contributed by atoms with Gasteiger partial charge in [0.15, 0.2) is 5.82 Å². The zero-order chi connectivity index (χ0) is 30.6. The van der Waals surface area contributed by atoms with Gasteiger partial charge in [-0.15, -0.1) is 0 Å². The van der Waals surface area contributed by atoms with Crippen molar-refractivity contribution in [3.8, 4) is 28.3 Å². The van der Waals surface area contributed by atoms with Crippen molar-refractivity contribution < 1.29 is 0 Å². The van der Waals surface area contributed by atoms with Crippen LogP contribution in [0.1, 0.15) is 25.1 Å². The number of benzene rings is 6. The fourth-order valence-corrected chi connectivity index (χ4v) is 7.66. The molecule has 0 saturated carbocycles. The Morgan fingerprint density at radius 1 is 0.565 bits per heavy atom. The third kappa shape index (κ3) is 3.41. The standard InChI is InChI=1S/C42H28N4/c1-42(2)34-16-8-7-15-32(34)38-40(42)44-37(29-18-17-26-13-9-21-43-35(26)23-29)41(45-38)46-36-24-28-12-4-3-11-27(28)22-33(36)31-20-19-25-10-5-6-14-30(25)39(31)46/h3-24H,1-2H3. The van der Waals surface area contributed by atoms with Gasteiger partial charge in [-0.2, -0.15) is 0 Å². The Kier molecular flexibility index (Phi) is 5.03. The van der Waals surface area contributed by atoms with E-state index < -0.39 is 0 Å². The lowest BCUT2D eigenvalue weighted by Gasteiger charge is -2.21. The molecule has 9 aromatic rings. The highest BCUT2D eigenvalue weighted by Crippen LogP contribution is 2.49. The normalized spacial score (nSPS) is 13.6. The molecular weight excluding hydrogens is 560 g/mol. The summed E-state index contributed by atoms with van der Waals surface area (Å²) in [6, 6.07) is 45.6. The lowest BCUT2D eigenvalue weighted by atomic mass is 9.85. The summed E-state index contributed by atoms with van der Waals surface area (Å²) >= 11 is 0. The Morgan fingerprint density at radius 2 is 1.30 bits per heavy atom. The zero-order valence-electron chi connectivity index (χ0n) is 25.5. The summed E-state index contributed by atoms with van der Waals surface area (Å²) in [4.78, 5) is 16.0. The minimum absolute atomic E-state index is 0.287. The summed E-state index contributed by atoms with van der Waals surface area (Å²) in [6.07, 6.45) is 1.85. The molecule has 0 aliphatic heterocycles. The molecule has 0 radical (unpaired) electrons. The van der Waals surface area contributed by atoms with E-state index in [9.17, 15) is 0 Å². The minimum atomic E-state index is -0.287. The van der Waals surface area contributed by atoms with Crippen LogP contribution in [0.5, 0.6) is 0 Å². The SMILES string of the molecule is CC1(C)c2ccccc2-c2nc(-n3c4cc5ccccc5cc4c4ccc5ccccc5c43)c(-c3ccc4cccnc4c3)nc21. The third-order valence-electron chi connectivity index (χ3n) is 9.94. The Balaban J connectivity index is 1.41. The summed E-state index contributed by atoms with van der Waals surface area (Å²) in [5, 5.41) is 8.31. The van der Waals surface area contributed by atoms with Gasteiger partial charge in [-0.3, -0.25) is 9.55 Å². The molecular formula is C42H28N4. The highest BCUT2D eigenvalue weighted by atomic mass is 15.1. The molecule has 3 heterocycles. The van der Waals surface area contributed by atoms with Crippen molar-refractivity contribution in [3.05, 3.63) is 145 Å². The third-order valence-corrected chi connectivity index (χ3v) is 9.94. The van der Waals surface area contributed by atoms with Gasteiger partial charge in [0, 0.05) is 44.3 Å². The predicted octanol–water partition coefficient (Wildman–Crippen LogP) is 10.4. The molecule has 1 aliphatic carbocycles. The molecule has 0 saturated heterocycles. The average molecular weight is 589 g/mol. The summed E-state index contributed by atoms with van der Waals surface area (Å²) in [5.41, 5.74) is 9.13. The monoisotopic (exact) mass is 588 g/mol. The van der Waals surface area contributed by atoms with Crippen LogP contribution in [0.4, 0.5) is 0 Å². The number of hydrogen-bond acceptors (Lipinski definition) is 3. The average Bonchev–Trinajstić information content (AvgIpc) is 3.54. The molecule has 0 N–H and O–H groups in total. The van der Waals surface area contributed by atoms with Crippen molar-refractivity contribution in [2.75, 3.05) is 0 Å². The molecule has 0 unspecified atom stereocenters. The van der Waals surface area contributed by atoms with Crippen molar-refractivity contribution in [2.24, 2.45) is 0 Å². The van der Waals surface area contributed by atoms with Gasteiger partial charge in [0.1, 0.15) is 5.69 Å². The quantitative estimate of drug-likeness (QED) is 0.202. The maximum Gasteiger partial charge on any atom is 0.165 e. The second-order valence-corrected chi connectivity index (χ2v) is 12.9. The maximum atomic E-state index is 5.66. The molecule has 0 atom stereocenters. The smallest absolute Gasteiger partial charge is 0.165 e. The molecule has 0 fully saturated rings. The van der Waals surface area contributed by atoms with Gasteiger partial charge < -0.3 is 0 Å². The Hall–Kier alpha value is -5.87. The van der Waals surface area contributed by atoms with E-state index in [2.05, 4.69) is 140 Å². The summed E-state index contributed by atoms with van der Waals surface area (Å²) < 4.78 is 2.37. The lowest BCUT2D eigenvalue weighted by molar-refractivity contribution is 0.635. The first-order valence-corrected chi connectivity index (χ1v) is 15.8. The van der Waals surface area contributed by atoms with Crippen LogP contribution in [0, 0.1) is 0 Å². The highest BCUT2D eigenvalue weighted by Gasteiger charge is 2.39. The second kappa shape index (κ2) is 9.09.